The predicted molar refractivity (Wildman–Crippen MR) is 194 cm³/mol. The maximum atomic E-state index is 3.89. The molecule has 0 heterocycles. The van der Waals surface area contributed by atoms with E-state index < -0.39 is 0 Å². The van der Waals surface area contributed by atoms with E-state index in [2.05, 4.69) is 179 Å². The van der Waals surface area contributed by atoms with Crippen LogP contribution in [0.4, 0.5) is 0 Å². The Labute approximate surface area is 275 Å². The second-order valence-electron chi connectivity index (χ2n) is 12.7. The lowest BCUT2D eigenvalue weighted by Gasteiger charge is -2.31. The molecule has 2 unspecified atom stereocenters. The van der Waals surface area contributed by atoms with Gasteiger partial charge in [-0.25, -0.2) is 0 Å². The van der Waals surface area contributed by atoms with Gasteiger partial charge in [-0.2, -0.15) is 0 Å². The third-order valence-electron chi connectivity index (χ3n) is 10.2. The van der Waals surface area contributed by atoms with Crippen molar-refractivity contribution >= 4 is 76.7 Å². The van der Waals surface area contributed by atoms with Gasteiger partial charge >= 0.3 is 0 Å². The molecule has 0 spiro atoms. The lowest BCUT2D eigenvalue weighted by molar-refractivity contribution is 0.756. The molecule has 0 saturated heterocycles. The molecule has 44 heavy (non-hydrogen) atoms. The van der Waals surface area contributed by atoms with Gasteiger partial charge in [0.1, 0.15) is 0 Å². The van der Waals surface area contributed by atoms with E-state index in [1.54, 1.807) is 0 Å². The molecule has 214 valence electrons. The van der Waals surface area contributed by atoms with Gasteiger partial charge in [-0.3, -0.25) is 0 Å². The Hall–Kier alpha value is -3.72. The summed E-state index contributed by atoms with van der Waals surface area (Å²) in [7, 11) is 0. The molecule has 2 atom stereocenters. The molecule has 0 amide bonds. The predicted octanol–water partition coefficient (Wildman–Crippen LogP) is 8.80. The summed E-state index contributed by atoms with van der Waals surface area (Å²) >= 11 is 7.79. The zero-order chi connectivity index (χ0) is 30.1. The van der Waals surface area contributed by atoms with E-state index in [9.17, 15) is 0 Å². The maximum absolute atomic E-state index is 3.89. The van der Waals surface area contributed by atoms with Crippen LogP contribution in [0, 0.1) is 0 Å². The lowest BCUT2D eigenvalue weighted by Crippen LogP contribution is -2.27. The molecule has 0 fully saturated rings. The molecule has 0 nitrogen and oxygen atoms in total. The summed E-state index contributed by atoms with van der Waals surface area (Å²) < 4.78 is 2.32. The molecule has 6 aromatic carbocycles. The van der Waals surface area contributed by atoms with Gasteiger partial charge in [-0.05, 0) is 116 Å². The molecule has 6 aromatic rings. The van der Waals surface area contributed by atoms with Gasteiger partial charge in [-0.15, -0.1) is 0 Å². The average molecular weight is 697 g/mol. The topological polar surface area (TPSA) is 0 Å². The van der Waals surface area contributed by atoms with E-state index in [1.807, 2.05) is 0 Å². The SMILES string of the molecule is CC1(c2ccc3ccccc3c2)C=c2c(Br)cccc2=C1CCC1=c2cccc(Br)c2=CC1(C)c1ccc2ccccc2c1. The summed E-state index contributed by atoms with van der Waals surface area (Å²) in [5.41, 5.74) is 5.24. The van der Waals surface area contributed by atoms with Crippen molar-refractivity contribution in [3.05, 3.63) is 162 Å². The van der Waals surface area contributed by atoms with Crippen LogP contribution in [0.1, 0.15) is 37.8 Å². The number of halogens is 2. The second kappa shape index (κ2) is 10.4. The highest BCUT2D eigenvalue weighted by Crippen LogP contribution is 2.44. The Kier molecular flexibility index (Phi) is 6.59. The minimum absolute atomic E-state index is 0.210. The summed E-state index contributed by atoms with van der Waals surface area (Å²) in [6.45, 7) is 4.83. The van der Waals surface area contributed by atoms with Gasteiger partial charge in [0.2, 0.25) is 0 Å². The van der Waals surface area contributed by atoms with Crippen molar-refractivity contribution in [1.29, 1.82) is 0 Å². The first-order valence-electron chi connectivity index (χ1n) is 15.4. The Morgan fingerprint density at radius 3 is 1.30 bits per heavy atom. The minimum Gasteiger partial charge on any atom is -0.0616 e. The fraction of sp³-hybridized carbons (Fsp3) is 0.143. The largest absolute Gasteiger partial charge is 0.0616 e. The molecule has 0 aliphatic heterocycles. The van der Waals surface area contributed by atoms with Crippen LogP contribution in [0.25, 0.3) is 44.8 Å². The number of fused-ring (bicyclic) bond motifs is 4. The monoisotopic (exact) mass is 694 g/mol. The summed E-state index contributed by atoms with van der Waals surface area (Å²) in [6.07, 6.45) is 6.93. The molecule has 8 rings (SSSR count). The van der Waals surface area contributed by atoms with Crippen molar-refractivity contribution < 1.29 is 0 Å². The first-order valence-corrected chi connectivity index (χ1v) is 16.9. The standard InChI is InChI=1S/C42H32Br2/c1-41(31-19-17-27-9-3-5-11-29(27)23-31)25-35-33(13-7-15-39(35)43)37(41)21-22-38-34-14-8-16-40(44)36(34)26-42(38,2)32-20-18-28-10-4-6-12-30(28)24-32/h3-20,23-26H,21-22H2,1-2H3. The third-order valence-corrected chi connectivity index (χ3v) is 11.6. The highest BCUT2D eigenvalue weighted by Gasteiger charge is 2.37. The van der Waals surface area contributed by atoms with E-state index in [1.165, 1.54) is 64.7 Å². The van der Waals surface area contributed by atoms with Crippen molar-refractivity contribution in [2.45, 2.75) is 37.5 Å². The molecule has 2 aliphatic rings. The second-order valence-corrected chi connectivity index (χ2v) is 14.4. The number of hydrogen-bond acceptors (Lipinski definition) is 0. The zero-order valence-corrected chi connectivity index (χ0v) is 28.0. The molecule has 0 saturated carbocycles. The van der Waals surface area contributed by atoms with Gasteiger partial charge in [0.05, 0.1) is 0 Å². The maximum Gasteiger partial charge on any atom is 0.0331 e. The first kappa shape index (κ1) is 27.8. The number of hydrogen-bond donors (Lipinski definition) is 0. The molecule has 2 heteroatoms. The summed E-state index contributed by atoms with van der Waals surface area (Å²) in [6, 6.07) is 44.7. The normalized spacial score (nSPS) is 20.5. The highest BCUT2D eigenvalue weighted by molar-refractivity contribution is 9.10. The van der Waals surface area contributed by atoms with Crippen LogP contribution in [0.5, 0.6) is 0 Å². The quantitative estimate of drug-likeness (QED) is 0.169. The molecular weight excluding hydrogens is 664 g/mol. The van der Waals surface area contributed by atoms with Crippen molar-refractivity contribution in [2.24, 2.45) is 0 Å². The minimum atomic E-state index is -0.210. The Balaban J connectivity index is 1.28. The molecule has 0 aromatic heterocycles. The number of benzene rings is 6. The van der Waals surface area contributed by atoms with Crippen LogP contribution in [0.3, 0.4) is 0 Å². The van der Waals surface area contributed by atoms with Crippen molar-refractivity contribution in [2.75, 3.05) is 0 Å². The molecule has 0 radical (unpaired) electrons. The fourth-order valence-corrected chi connectivity index (χ4v) is 8.74. The van der Waals surface area contributed by atoms with Crippen LogP contribution in [-0.4, -0.2) is 0 Å². The van der Waals surface area contributed by atoms with E-state index >= 15 is 0 Å². The molecular formula is C42H32Br2. The lowest BCUT2D eigenvalue weighted by atomic mass is 9.71. The van der Waals surface area contributed by atoms with Gasteiger partial charge < -0.3 is 0 Å². The smallest absolute Gasteiger partial charge is 0.0331 e. The summed E-state index contributed by atoms with van der Waals surface area (Å²) in [5, 5.41) is 10.5. The van der Waals surface area contributed by atoms with Crippen LogP contribution in [0.15, 0.2) is 130 Å². The van der Waals surface area contributed by atoms with Crippen molar-refractivity contribution in [3.8, 4) is 0 Å². The zero-order valence-electron chi connectivity index (χ0n) is 24.9. The Morgan fingerprint density at radius 2 is 0.864 bits per heavy atom. The fourth-order valence-electron chi connectivity index (χ4n) is 7.78. The average Bonchev–Trinajstić information content (AvgIpc) is 3.52. The van der Waals surface area contributed by atoms with Gasteiger partial charge in [0, 0.05) is 19.8 Å². The Morgan fingerprint density at radius 1 is 0.455 bits per heavy atom. The van der Waals surface area contributed by atoms with E-state index in [0.29, 0.717) is 0 Å². The van der Waals surface area contributed by atoms with E-state index in [-0.39, 0.29) is 10.8 Å². The van der Waals surface area contributed by atoms with Gasteiger partial charge in [0.15, 0.2) is 0 Å². The summed E-state index contributed by atoms with van der Waals surface area (Å²) in [5.74, 6) is 0. The van der Waals surface area contributed by atoms with E-state index in [4.69, 9.17) is 0 Å². The molecule has 0 bridgehead atoms. The van der Waals surface area contributed by atoms with Crippen LogP contribution in [0.2, 0.25) is 0 Å². The van der Waals surface area contributed by atoms with Crippen molar-refractivity contribution in [1.82, 2.24) is 0 Å². The third kappa shape index (κ3) is 4.30. The summed E-state index contributed by atoms with van der Waals surface area (Å²) in [4.78, 5) is 0. The first-order chi connectivity index (χ1) is 21.3. The Bertz CT molecular complexity index is 2230. The number of rotatable bonds is 5. The van der Waals surface area contributed by atoms with Gasteiger partial charge in [0.25, 0.3) is 0 Å². The molecule has 0 N–H and O–H groups in total. The van der Waals surface area contributed by atoms with Crippen LogP contribution < -0.4 is 20.9 Å². The van der Waals surface area contributed by atoms with Crippen LogP contribution >= 0.6 is 31.9 Å². The van der Waals surface area contributed by atoms with E-state index in [0.717, 1.165) is 21.8 Å². The van der Waals surface area contributed by atoms with Crippen LogP contribution in [-0.2, 0) is 10.8 Å². The van der Waals surface area contributed by atoms with Gasteiger partial charge in [-0.1, -0.05) is 141 Å². The highest BCUT2D eigenvalue weighted by atomic mass is 79.9. The molecule has 2 aliphatic carbocycles. The van der Waals surface area contributed by atoms with Crippen molar-refractivity contribution in [3.63, 3.8) is 0 Å².